The molecule has 0 saturated carbocycles. The molecule has 2 amide bonds. The average molecular weight is 389 g/mol. The third-order valence-corrected chi connectivity index (χ3v) is 6.93. The van der Waals surface area contributed by atoms with Gasteiger partial charge in [0, 0.05) is 13.1 Å². The molecule has 0 aliphatic carbocycles. The Balaban J connectivity index is 1.95. The van der Waals surface area contributed by atoms with Gasteiger partial charge in [0.25, 0.3) is 10.0 Å². The summed E-state index contributed by atoms with van der Waals surface area (Å²) < 4.78 is 32.3. The molecule has 0 spiro atoms. The van der Waals surface area contributed by atoms with Gasteiger partial charge in [0.1, 0.15) is 10.4 Å². The number of sulfonamides is 1. The smallest absolute Gasteiger partial charge is 0.309 e. The van der Waals surface area contributed by atoms with Crippen LogP contribution in [0.4, 0.5) is 0 Å². The number of rotatable bonds is 7. The van der Waals surface area contributed by atoms with Crippen molar-refractivity contribution in [3.05, 3.63) is 17.5 Å². The van der Waals surface area contributed by atoms with Gasteiger partial charge in [0.15, 0.2) is 0 Å². The Kier molecular flexibility index (Phi) is 7.36. The third kappa shape index (κ3) is 5.24. The maximum absolute atomic E-state index is 12.7. The van der Waals surface area contributed by atoms with E-state index in [0.717, 1.165) is 24.2 Å². The number of amides is 2. The van der Waals surface area contributed by atoms with Crippen molar-refractivity contribution in [2.75, 3.05) is 26.2 Å². The number of hydrogen-bond donors (Lipinski definition) is 2. The van der Waals surface area contributed by atoms with E-state index in [-0.39, 0.29) is 10.8 Å². The van der Waals surface area contributed by atoms with Crippen molar-refractivity contribution in [3.8, 4) is 0 Å². The van der Waals surface area contributed by atoms with Crippen molar-refractivity contribution < 1.29 is 22.7 Å². The quantitative estimate of drug-likeness (QED) is 0.522. The van der Waals surface area contributed by atoms with Crippen LogP contribution in [0.3, 0.4) is 0 Å². The highest BCUT2D eigenvalue weighted by Gasteiger charge is 2.35. The number of unbranched alkanes of at least 4 members (excludes halogenated alkanes) is 1. The van der Waals surface area contributed by atoms with Crippen LogP contribution in [0.1, 0.15) is 26.2 Å². The number of nitrogens with zero attached hydrogens (tertiary/aromatic N) is 1. The van der Waals surface area contributed by atoms with Crippen LogP contribution in [-0.2, 0) is 24.3 Å². The first kappa shape index (κ1) is 19.8. The highest BCUT2D eigenvalue weighted by Crippen LogP contribution is 2.25. The zero-order valence-electron chi connectivity index (χ0n) is 14.1. The van der Waals surface area contributed by atoms with Crippen molar-refractivity contribution in [1.29, 1.82) is 0 Å². The number of carbonyl (C=O) groups is 2. The molecule has 1 aromatic heterocycles. The second kappa shape index (κ2) is 9.27. The summed E-state index contributed by atoms with van der Waals surface area (Å²) in [6, 6.07) is 3.20. The van der Waals surface area contributed by atoms with Crippen LogP contribution in [0, 0.1) is 0 Å². The molecule has 2 N–H and O–H groups in total. The molecule has 2 heterocycles. The molecule has 0 bridgehead atoms. The number of nitrogens with one attached hydrogen (secondary N) is 2. The Hall–Kier alpha value is -1.49. The van der Waals surface area contributed by atoms with Crippen molar-refractivity contribution in [3.63, 3.8) is 0 Å². The van der Waals surface area contributed by atoms with E-state index in [1.165, 1.54) is 10.4 Å². The molecule has 1 aliphatic rings. The minimum absolute atomic E-state index is 0.0787. The van der Waals surface area contributed by atoms with Crippen LogP contribution in [-0.4, -0.2) is 57.0 Å². The fourth-order valence-electron chi connectivity index (χ4n) is 2.35. The van der Waals surface area contributed by atoms with E-state index in [1.54, 1.807) is 11.4 Å². The van der Waals surface area contributed by atoms with Crippen molar-refractivity contribution in [2.24, 2.45) is 0 Å². The molecule has 1 atom stereocenters. The summed E-state index contributed by atoms with van der Waals surface area (Å²) in [4.78, 5) is 23.5. The van der Waals surface area contributed by atoms with Gasteiger partial charge < -0.3 is 15.4 Å². The predicted octanol–water partition coefficient (Wildman–Crippen LogP) is 0.518. The van der Waals surface area contributed by atoms with Crippen LogP contribution in [0.5, 0.6) is 0 Å². The Labute approximate surface area is 151 Å². The number of thiophene rings is 1. The molecule has 25 heavy (non-hydrogen) atoms. The van der Waals surface area contributed by atoms with E-state index >= 15 is 0 Å². The zero-order chi connectivity index (χ0) is 18.3. The molecule has 2 rings (SSSR count). The SMILES string of the molecule is CCCCNC(=O)C(=O)NC[C@@H]1OCCCN1S(=O)(=O)c1cccs1. The van der Waals surface area contributed by atoms with Gasteiger partial charge in [0.2, 0.25) is 0 Å². The topological polar surface area (TPSA) is 105 Å². The van der Waals surface area contributed by atoms with Crippen LogP contribution in [0.25, 0.3) is 0 Å². The van der Waals surface area contributed by atoms with E-state index in [1.807, 2.05) is 6.92 Å². The van der Waals surface area contributed by atoms with Crippen LogP contribution < -0.4 is 10.6 Å². The lowest BCUT2D eigenvalue weighted by Gasteiger charge is -2.34. The van der Waals surface area contributed by atoms with Crippen LogP contribution in [0.15, 0.2) is 21.7 Å². The van der Waals surface area contributed by atoms with Gasteiger partial charge in [0.05, 0.1) is 13.2 Å². The second-order valence-corrected chi connectivity index (χ2v) is 8.61. The number of ether oxygens (including phenoxy) is 1. The molecule has 1 fully saturated rings. The Bertz CT molecular complexity index is 675. The van der Waals surface area contributed by atoms with Gasteiger partial charge in [-0.05, 0) is 24.3 Å². The van der Waals surface area contributed by atoms with Crippen molar-refractivity contribution >= 4 is 33.2 Å². The van der Waals surface area contributed by atoms with Gasteiger partial charge in [-0.1, -0.05) is 19.4 Å². The monoisotopic (exact) mass is 389 g/mol. The van der Waals surface area contributed by atoms with E-state index in [9.17, 15) is 18.0 Å². The zero-order valence-corrected chi connectivity index (χ0v) is 15.7. The van der Waals surface area contributed by atoms with E-state index in [4.69, 9.17) is 4.74 Å². The Morgan fingerprint density at radius 2 is 2.12 bits per heavy atom. The summed E-state index contributed by atoms with van der Waals surface area (Å²) >= 11 is 1.13. The average Bonchev–Trinajstić information content (AvgIpc) is 3.15. The maximum Gasteiger partial charge on any atom is 0.309 e. The number of hydrogen-bond acceptors (Lipinski definition) is 6. The maximum atomic E-state index is 12.7. The standard InChI is InChI=1S/C15H23N3O5S2/c1-2-3-7-16-14(19)15(20)17-11-12-18(8-5-9-23-12)25(21,22)13-6-4-10-24-13/h4,6,10,12H,2-3,5,7-9,11H2,1H3,(H,16,19)(H,17,20)/t12-/m0/s1. The lowest BCUT2D eigenvalue weighted by molar-refractivity contribution is -0.140. The molecule has 10 heteroatoms. The van der Waals surface area contributed by atoms with Gasteiger partial charge in [-0.15, -0.1) is 11.3 Å². The first-order chi connectivity index (χ1) is 12.0. The van der Waals surface area contributed by atoms with E-state index in [2.05, 4.69) is 10.6 Å². The molecule has 0 radical (unpaired) electrons. The predicted molar refractivity (Wildman–Crippen MR) is 93.5 cm³/mol. The minimum atomic E-state index is -3.68. The van der Waals surface area contributed by atoms with E-state index in [0.29, 0.717) is 26.1 Å². The summed E-state index contributed by atoms with van der Waals surface area (Å²) in [7, 11) is -3.68. The first-order valence-corrected chi connectivity index (χ1v) is 10.5. The molecule has 1 aromatic rings. The molecule has 0 unspecified atom stereocenters. The first-order valence-electron chi connectivity index (χ1n) is 8.19. The normalized spacial score (nSPS) is 18.7. The molecule has 1 aliphatic heterocycles. The minimum Gasteiger partial charge on any atom is -0.360 e. The lowest BCUT2D eigenvalue weighted by Crippen LogP contribution is -2.53. The number of carbonyl (C=O) groups excluding carboxylic acids is 2. The fourth-order valence-corrected chi connectivity index (χ4v) is 5.03. The molecular formula is C15H23N3O5S2. The van der Waals surface area contributed by atoms with E-state index < -0.39 is 28.1 Å². The second-order valence-electron chi connectivity index (χ2n) is 5.55. The highest BCUT2D eigenvalue weighted by molar-refractivity contribution is 7.91. The third-order valence-electron chi connectivity index (χ3n) is 3.67. The fraction of sp³-hybridized carbons (Fsp3) is 0.600. The largest absolute Gasteiger partial charge is 0.360 e. The van der Waals surface area contributed by atoms with Crippen LogP contribution in [0.2, 0.25) is 0 Å². The van der Waals surface area contributed by atoms with Crippen molar-refractivity contribution in [1.82, 2.24) is 14.9 Å². The summed E-state index contributed by atoms with van der Waals surface area (Å²) in [6.45, 7) is 3.05. The highest BCUT2D eigenvalue weighted by atomic mass is 32.2. The molecule has 1 saturated heterocycles. The van der Waals surface area contributed by atoms with Crippen molar-refractivity contribution in [2.45, 2.75) is 36.6 Å². The Morgan fingerprint density at radius 3 is 2.80 bits per heavy atom. The van der Waals surface area contributed by atoms with Gasteiger partial charge in [-0.25, -0.2) is 8.42 Å². The molecular weight excluding hydrogens is 366 g/mol. The molecule has 140 valence electrons. The Morgan fingerprint density at radius 1 is 1.36 bits per heavy atom. The van der Waals surface area contributed by atoms with Gasteiger partial charge in [-0.2, -0.15) is 4.31 Å². The summed E-state index contributed by atoms with van der Waals surface area (Å²) in [5.74, 6) is -1.52. The van der Waals surface area contributed by atoms with Gasteiger partial charge in [-0.3, -0.25) is 9.59 Å². The summed E-state index contributed by atoms with van der Waals surface area (Å²) in [6.07, 6.45) is 1.45. The lowest BCUT2D eigenvalue weighted by atomic mass is 10.3. The molecule has 0 aromatic carbocycles. The van der Waals surface area contributed by atoms with Gasteiger partial charge >= 0.3 is 11.8 Å². The summed E-state index contributed by atoms with van der Waals surface area (Å²) in [5.41, 5.74) is 0. The molecule has 8 nitrogen and oxygen atoms in total. The summed E-state index contributed by atoms with van der Waals surface area (Å²) in [5, 5.41) is 6.65. The van der Waals surface area contributed by atoms with Crippen LogP contribution >= 0.6 is 11.3 Å².